The Morgan fingerprint density at radius 2 is 2.14 bits per heavy atom. The number of hydrogen-bond acceptors (Lipinski definition) is 2. The van der Waals surface area contributed by atoms with Gasteiger partial charge in [-0.05, 0) is 57.2 Å². The highest BCUT2D eigenvalue weighted by Crippen LogP contribution is 2.45. The number of benzene rings is 1. The van der Waals surface area contributed by atoms with Gasteiger partial charge >= 0.3 is 0 Å². The third-order valence-electron chi connectivity index (χ3n) is 5.67. The number of nitriles is 1. The average Bonchev–Trinajstić information content (AvgIpc) is 2.81. The van der Waals surface area contributed by atoms with Crippen molar-refractivity contribution < 1.29 is 0 Å². The van der Waals surface area contributed by atoms with Crippen molar-refractivity contribution in [1.82, 2.24) is 9.47 Å². The lowest BCUT2D eigenvalue weighted by atomic mass is 9.75. The molecule has 3 nitrogen and oxygen atoms in total. The first-order valence-corrected chi connectivity index (χ1v) is 8.42. The fraction of sp³-hybridized carbons (Fsp3) is 0.526. The molecule has 2 aliphatic rings. The van der Waals surface area contributed by atoms with Crippen LogP contribution in [0.2, 0.25) is 0 Å². The van der Waals surface area contributed by atoms with E-state index < -0.39 is 0 Å². The van der Waals surface area contributed by atoms with Gasteiger partial charge in [0.2, 0.25) is 0 Å². The molecule has 3 heteroatoms. The van der Waals surface area contributed by atoms with Crippen LogP contribution in [0, 0.1) is 18.4 Å². The van der Waals surface area contributed by atoms with Crippen LogP contribution in [0.15, 0.2) is 18.2 Å². The van der Waals surface area contributed by atoms with E-state index in [-0.39, 0.29) is 0 Å². The fourth-order valence-electron chi connectivity index (χ4n) is 4.82. The molecule has 1 aliphatic heterocycles. The number of likely N-dealkylation sites (tertiary alicyclic amines) is 1. The number of nitrogens with zero attached hydrogens (tertiary/aromatic N) is 3. The number of hydrogen-bond donors (Lipinski definition) is 0. The maximum atomic E-state index is 9.51. The number of aromatic nitrogens is 1. The second-order valence-corrected chi connectivity index (χ2v) is 7.08. The summed E-state index contributed by atoms with van der Waals surface area (Å²) in [7, 11) is 0. The van der Waals surface area contributed by atoms with Crippen molar-refractivity contribution in [1.29, 1.82) is 5.26 Å². The minimum Gasteiger partial charge on any atom is -0.342 e. The zero-order valence-electron chi connectivity index (χ0n) is 13.6. The van der Waals surface area contributed by atoms with Gasteiger partial charge < -0.3 is 9.47 Å². The predicted octanol–water partition coefficient (Wildman–Crippen LogP) is 4.12. The SMILES string of the molecule is Cc1c2c3c(cccc3n1C(C)C)C1CCCN(C#N)[C@@H]1C2. The van der Waals surface area contributed by atoms with E-state index in [9.17, 15) is 5.26 Å². The zero-order valence-corrected chi connectivity index (χ0v) is 13.6. The van der Waals surface area contributed by atoms with Crippen LogP contribution < -0.4 is 0 Å². The summed E-state index contributed by atoms with van der Waals surface area (Å²) in [5.41, 5.74) is 5.72. The van der Waals surface area contributed by atoms with Crippen LogP contribution in [0.25, 0.3) is 10.9 Å². The smallest absolute Gasteiger partial charge is 0.179 e. The molecule has 2 atom stereocenters. The Bertz CT molecular complexity index is 778. The van der Waals surface area contributed by atoms with Gasteiger partial charge in [-0.3, -0.25) is 0 Å². The molecule has 1 aliphatic carbocycles. The quantitative estimate of drug-likeness (QED) is 0.741. The van der Waals surface area contributed by atoms with Crippen molar-refractivity contribution in [2.24, 2.45) is 0 Å². The van der Waals surface area contributed by atoms with Crippen LogP contribution in [-0.2, 0) is 6.42 Å². The van der Waals surface area contributed by atoms with E-state index in [2.05, 4.69) is 49.7 Å². The highest BCUT2D eigenvalue weighted by Gasteiger charge is 2.38. The number of rotatable bonds is 1. The number of fused-ring (bicyclic) bond motifs is 2. The standard InChI is InChI=1S/C19H23N3/c1-12(2)22-13(3)16-10-18-14(7-5-9-21(18)11-20)15-6-4-8-17(22)19(15)16/h4,6,8,12,14,18H,5,7,9-10H2,1-3H3/t14?,18-/m1/s1. The summed E-state index contributed by atoms with van der Waals surface area (Å²) in [5, 5.41) is 11.0. The molecule has 4 rings (SSSR count). The van der Waals surface area contributed by atoms with Crippen LogP contribution in [0.1, 0.15) is 55.5 Å². The second kappa shape index (κ2) is 4.78. The van der Waals surface area contributed by atoms with Gasteiger partial charge in [0.25, 0.3) is 0 Å². The molecule has 1 fully saturated rings. The summed E-state index contributed by atoms with van der Waals surface area (Å²) in [5.74, 6) is 0.520. The van der Waals surface area contributed by atoms with Crippen molar-refractivity contribution in [2.75, 3.05) is 6.54 Å². The Kier molecular flexibility index (Phi) is 2.97. The van der Waals surface area contributed by atoms with Gasteiger partial charge in [0, 0.05) is 41.1 Å². The van der Waals surface area contributed by atoms with Crippen LogP contribution in [-0.4, -0.2) is 22.1 Å². The van der Waals surface area contributed by atoms with Gasteiger partial charge in [-0.2, -0.15) is 5.26 Å². The van der Waals surface area contributed by atoms with E-state index in [1.54, 1.807) is 0 Å². The van der Waals surface area contributed by atoms with E-state index >= 15 is 0 Å². The molecule has 0 N–H and O–H groups in total. The van der Waals surface area contributed by atoms with Gasteiger partial charge in [0.15, 0.2) is 6.19 Å². The van der Waals surface area contributed by atoms with Gasteiger partial charge in [-0.15, -0.1) is 0 Å². The molecule has 2 heterocycles. The minimum atomic E-state index is 0.360. The van der Waals surface area contributed by atoms with Crippen LogP contribution >= 0.6 is 0 Å². The lowest BCUT2D eigenvalue weighted by Gasteiger charge is -2.41. The van der Waals surface area contributed by atoms with Gasteiger partial charge in [0.05, 0.1) is 0 Å². The molecule has 114 valence electrons. The third kappa shape index (κ3) is 1.67. The van der Waals surface area contributed by atoms with Crippen LogP contribution in [0.4, 0.5) is 0 Å². The van der Waals surface area contributed by atoms with E-state index in [0.29, 0.717) is 18.0 Å². The molecule has 0 saturated carbocycles. The van der Waals surface area contributed by atoms with Crippen molar-refractivity contribution in [3.8, 4) is 6.19 Å². The topological polar surface area (TPSA) is 32.0 Å². The molecule has 1 aromatic carbocycles. The van der Waals surface area contributed by atoms with Crippen molar-refractivity contribution in [3.05, 3.63) is 35.0 Å². The van der Waals surface area contributed by atoms with Crippen molar-refractivity contribution in [2.45, 2.75) is 58.0 Å². The first-order valence-electron chi connectivity index (χ1n) is 8.42. The molecular formula is C19H23N3. The van der Waals surface area contributed by atoms with Crippen molar-refractivity contribution in [3.63, 3.8) is 0 Å². The molecule has 1 saturated heterocycles. The molecule has 1 unspecified atom stereocenters. The Morgan fingerprint density at radius 1 is 1.32 bits per heavy atom. The fourth-order valence-corrected chi connectivity index (χ4v) is 4.82. The Labute approximate surface area is 132 Å². The first kappa shape index (κ1) is 13.7. The molecule has 0 amide bonds. The van der Waals surface area contributed by atoms with E-state index in [4.69, 9.17) is 0 Å². The molecular weight excluding hydrogens is 270 g/mol. The normalized spacial score (nSPS) is 23.7. The molecule has 22 heavy (non-hydrogen) atoms. The largest absolute Gasteiger partial charge is 0.342 e. The maximum Gasteiger partial charge on any atom is 0.179 e. The van der Waals surface area contributed by atoms with E-state index in [0.717, 1.165) is 19.4 Å². The van der Waals surface area contributed by atoms with E-state index in [1.807, 2.05) is 4.90 Å². The molecule has 0 radical (unpaired) electrons. The Hall–Kier alpha value is -1.95. The van der Waals surface area contributed by atoms with Gasteiger partial charge in [-0.1, -0.05) is 12.1 Å². The first-order chi connectivity index (χ1) is 10.6. The Morgan fingerprint density at radius 3 is 2.86 bits per heavy atom. The van der Waals surface area contributed by atoms with Crippen molar-refractivity contribution >= 4 is 10.9 Å². The maximum absolute atomic E-state index is 9.51. The lowest BCUT2D eigenvalue weighted by Crippen LogP contribution is -2.44. The zero-order chi connectivity index (χ0) is 15.4. The average molecular weight is 293 g/mol. The summed E-state index contributed by atoms with van der Waals surface area (Å²) in [4.78, 5) is 2.03. The Balaban J connectivity index is 1.99. The highest BCUT2D eigenvalue weighted by atomic mass is 15.2. The lowest BCUT2D eigenvalue weighted by molar-refractivity contribution is 0.191. The minimum absolute atomic E-state index is 0.360. The summed E-state index contributed by atoms with van der Waals surface area (Å²) >= 11 is 0. The van der Waals surface area contributed by atoms with Crippen LogP contribution in [0.3, 0.4) is 0 Å². The highest BCUT2D eigenvalue weighted by molar-refractivity contribution is 5.90. The van der Waals surface area contributed by atoms with Crippen LogP contribution in [0.5, 0.6) is 0 Å². The summed E-state index contributed by atoms with van der Waals surface area (Å²) in [6.45, 7) is 7.69. The summed E-state index contributed by atoms with van der Waals surface area (Å²) < 4.78 is 2.47. The van der Waals surface area contributed by atoms with Gasteiger partial charge in [-0.25, -0.2) is 0 Å². The van der Waals surface area contributed by atoms with Gasteiger partial charge in [0.1, 0.15) is 0 Å². The summed E-state index contributed by atoms with van der Waals surface area (Å²) in [6.07, 6.45) is 5.81. The second-order valence-electron chi connectivity index (χ2n) is 7.08. The summed E-state index contributed by atoms with van der Waals surface area (Å²) in [6, 6.07) is 7.60. The number of piperidine rings is 1. The molecule has 1 aromatic heterocycles. The van der Waals surface area contributed by atoms with E-state index in [1.165, 1.54) is 34.1 Å². The predicted molar refractivity (Wildman–Crippen MR) is 88.8 cm³/mol. The molecule has 0 spiro atoms. The third-order valence-corrected chi connectivity index (χ3v) is 5.67. The molecule has 0 bridgehead atoms. The monoisotopic (exact) mass is 293 g/mol. The molecule has 2 aromatic rings.